The maximum atomic E-state index is 13.4. The Labute approximate surface area is 213 Å². The van der Waals surface area contributed by atoms with E-state index in [0.29, 0.717) is 39.7 Å². The summed E-state index contributed by atoms with van der Waals surface area (Å²) in [5.74, 6) is 0.841. The molecular formula is C27H30FN5O2S. The molecule has 2 aromatic carbocycles. The minimum atomic E-state index is -0.278. The molecule has 4 aromatic rings. The van der Waals surface area contributed by atoms with Crippen molar-refractivity contribution in [2.75, 3.05) is 0 Å². The number of hydrogen-bond donors (Lipinski definition) is 1. The quantitative estimate of drug-likeness (QED) is 0.348. The number of nitrogens with zero attached hydrogens (tertiary/aromatic N) is 4. The molecule has 7 nitrogen and oxygen atoms in total. The number of nitrogens with one attached hydrogen (secondary N) is 1. The van der Waals surface area contributed by atoms with Crippen molar-refractivity contribution in [2.24, 2.45) is 5.92 Å². The molecule has 1 N–H and O–H groups in total. The number of hydrogen-bond acceptors (Lipinski definition) is 5. The van der Waals surface area contributed by atoms with Crippen molar-refractivity contribution in [3.05, 3.63) is 69.8 Å². The molecule has 9 heteroatoms. The van der Waals surface area contributed by atoms with Gasteiger partial charge in [0, 0.05) is 23.9 Å². The van der Waals surface area contributed by atoms with E-state index >= 15 is 0 Å². The molecule has 1 aliphatic rings. The number of fused-ring (bicyclic) bond motifs is 3. The van der Waals surface area contributed by atoms with E-state index in [-0.39, 0.29) is 29.2 Å². The third-order valence-electron chi connectivity index (χ3n) is 6.60. The van der Waals surface area contributed by atoms with Gasteiger partial charge in [0.25, 0.3) is 11.5 Å². The molecule has 2 heterocycles. The van der Waals surface area contributed by atoms with Gasteiger partial charge in [-0.05, 0) is 54.7 Å². The average molecular weight is 508 g/mol. The summed E-state index contributed by atoms with van der Waals surface area (Å²) in [5, 5.41) is 13.1. The van der Waals surface area contributed by atoms with E-state index in [1.807, 2.05) is 18.2 Å². The highest BCUT2D eigenvalue weighted by atomic mass is 32.2. The number of halogens is 1. The zero-order valence-electron chi connectivity index (χ0n) is 20.5. The molecule has 0 radical (unpaired) electrons. The molecule has 0 unspecified atom stereocenters. The molecule has 1 fully saturated rings. The molecule has 0 atom stereocenters. The van der Waals surface area contributed by atoms with Crippen molar-refractivity contribution in [3.63, 3.8) is 0 Å². The fraction of sp³-hybridized carbons (Fsp3) is 0.407. The first-order chi connectivity index (χ1) is 17.4. The largest absolute Gasteiger partial charge is 0.349 e. The van der Waals surface area contributed by atoms with Crippen LogP contribution >= 0.6 is 11.8 Å². The third-order valence-corrected chi connectivity index (χ3v) is 7.60. The normalized spacial score (nSPS) is 14.7. The SMILES string of the molecule is CC(C)Cn1c(=O)c2ccc(C(=O)NC3CCCCC3)cc2n2c(SCc3ccc(F)cc3)nnc12. The monoisotopic (exact) mass is 507 g/mol. The predicted octanol–water partition coefficient (Wildman–Crippen LogP) is 5.19. The van der Waals surface area contributed by atoms with Gasteiger partial charge in [0.05, 0.1) is 10.9 Å². The van der Waals surface area contributed by atoms with Crippen molar-refractivity contribution < 1.29 is 9.18 Å². The number of amides is 1. The van der Waals surface area contributed by atoms with E-state index in [9.17, 15) is 14.0 Å². The first kappa shape index (κ1) is 24.5. The van der Waals surface area contributed by atoms with Gasteiger partial charge in [0.2, 0.25) is 5.78 Å². The zero-order valence-corrected chi connectivity index (χ0v) is 21.4. The maximum absolute atomic E-state index is 13.4. The number of thioether (sulfide) groups is 1. The molecular weight excluding hydrogens is 477 g/mol. The van der Waals surface area contributed by atoms with Crippen LogP contribution in [-0.4, -0.2) is 31.1 Å². The molecule has 1 amide bonds. The summed E-state index contributed by atoms with van der Waals surface area (Å²) < 4.78 is 16.8. The Hall–Kier alpha value is -3.20. The third kappa shape index (κ3) is 5.02. The molecule has 5 rings (SSSR count). The Kier molecular flexibility index (Phi) is 7.09. The van der Waals surface area contributed by atoms with Gasteiger partial charge in [-0.3, -0.25) is 18.6 Å². The fourth-order valence-corrected chi connectivity index (χ4v) is 5.69. The summed E-state index contributed by atoms with van der Waals surface area (Å²) in [6.07, 6.45) is 5.48. The standard InChI is InChI=1S/C27H30FN5O2S/c1-17(2)15-32-25(35)22-13-10-19(24(34)29-21-6-4-3-5-7-21)14-23(22)33-26(32)30-31-27(33)36-16-18-8-11-20(28)12-9-18/h8-14,17,21H,3-7,15-16H2,1-2H3,(H,29,34). The van der Waals surface area contributed by atoms with Gasteiger partial charge in [0.1, 0.15) is 5.82 Å². The number of benzene rings is 2. The van der Waals surface area contributed by atoms with E-state index < -0.39 is 0 Å². The van der Waals surface area contributed by atoms with E-state index in [0.717, 1.165) is 31.2 Å². The van der Waals surface area contributed by atoms with Gasteiger partial charge in [-0.1, -0.05) is 57.0 Å². The molecule has 0 bridgehead atoms. The van der Waals surface area contributed by atoms with Crippen LogP contribution in [0.3, 0.4) is 0 Å². The van der Waals surface area contributed by atoms with Crippen molar-refractivity contribution in [2.45, 2.75) is 69.4 Å². The van der Waals surface area contributed by atoms with E-state index in [1.165, 1.54) is 30.3 Å². The van der Waals surface area contributed by atoms with Crippen LogP contribution in [0.1, 0.15) is 61.9 Å². The lowest BCUT2D eigenvalue weighted by Crippen LogP contribution is -2.36. The van der Waals surface area contributed by atoms with Gasteiger partial charge in [0.15, 0.2) is 5.16 Å². The highest BCUT2D eigenvalue weighted by Crippen LogP contribution is 2.26. The highest BCUT2D eigenvalue weighted by molar-refractivity contribution is 7.98. The van der Waals surface area contributed by atoms with E-state index in [4.69, 9.17) is 0 Å². The van der Waals surface area contributed by atoms with Crippen LogP contribution in [0.2, 0.25) is 0 Å². The van der Waals surface area contributed by atoms with Gasteiger partial charge < -0.3 is 5.32 Å². The molecule has 0 spiro atoms. The summed E-state index contributed by atoms with van der Waals surface area (Å²) in [4.78, 5) is 26.5. The van der Waals surface area contributed by atoms with Crippen molar-refractivity contribution in [3.8, 4) is 0 Å². The second-order valence-corrected chi connectivity index (χ2v) is 10.8. The zero-order chi connectivity index (χ0) is 25.2. The summed E-state index contributed by atoms with van der Waals surface area (Å²) in [5.41, 5.74) is 1.93. The topological polar surface area (TPSA) is 81.3 Å². The van der Waals surface area contributed by atoms with Gasteiger partial charge in [-0.25, -0.2) is 4.39 Å². The van der Waals surface area contributed by atoms with Crippen LogP contribution in [0.15, 0.2) is 52.4 Å². The van der Waals surface area contributed by atoms with Crippen LogP contribution < -0.4 is 10.9 Å². The van der Waals surface area contributed by atoms with Crippen molar-refractivity contribution in [1.29, 1.82) is 0 Å². The molecule has 0 aliphatic heterocycles. The highest BCUT2D eigenvalue weighted by Gasteiger charge is 2.21. The first-order valence-electron chi connectivity index (χ1n) is 12.5. The Bertz CT molecular complexity index is 1460. The molecule has 2 aromatic heterocycles. The lowest BCUT2D eigenvalue weighted by Gasteiger charge is -2.22. The molecule has 1 aliphatic carbocycles. The lowest BCUT2D eigenvalue weighted by atomic mass is 9.95. The minimum Gasteiger partial charge on any atom is -0.349 e. The van der Waals surface area contributed by atoms with Crippen LogP contribution in [0.25, 0.3) is 16.7 Å². The Morgan fingerprint density at radius 3 is 2.58 bits per heavy atom. The summed E-state index contributed by atoms with van der Waals surface area (Å²) in [7, 11) is 0. The molecule has 0 saturated heterocycles. The van der Waals surface area contributed by atoms with Crippen LogP contribution in [0, 0.1) is 11.7 Å². The maximum Gasteiger partial charge on any atom is 0.262 e. The summed E-state index contributed by atoms with van der Waals surface area (Å²) >= 11 is 1.46. The average Bonchev–Trinajstić information content (AvgIpc) is 3.30. The van der Waals surface area contributed by atoms with E-state index in [2.05, 4.69) is 15.5 Å². The second kappa shape index (κ2) is 10.4. The van der Waals surface area contributed by atoms with Crippen LogP contribution in [0.5, 0.6) is 0 Å². The number of carbonyl (C=O) groups is 1. The Balaban J connectivity index is 1.57. The number of aromatic nitrogens is 4. The number of rotatable bonds is 7. The second-order valence-electron chi connectivity index (χ2n) is 9.88. The van der Waals surface area contributed by atoms with Crippen LogP contribution in [0.4, 0.5) is 4.39 Å². The van der Waals surface area contributed by atoms with Crippen LogP contribution in [-0.2, 0) is 12.3 Å². The molecule has 36 heavy (non-hydrogen) atoms. The van der Waals surface area contributed by atoms with E-state index in [1.54, 1.807) is 34.9 Å². The van der Waals surface area contributed by atoms with Crippen molar-refractivity contribution >= 4 is 34.3 Å². The Morgan fingerprint density at radius 1 is 1.11 bits per heavy atom. The number of carbonyl (C=O) groups excluding carboxylic acids is 1. The van der Waals surface area contributed by atoms with Gasteiger partial charge in [-0.15, -0.1) is 10.2 Å². The molecule has 1 saturated carbocycles. The molecule has 188 valence electrons. The smallest absolute Gasteiger partial charge is 0.262 e. The fourth-order valence-electron chi connectivity index (χ4n) is 4.79. The van der Waals surface area contributed by atoms with Gasteiger partial charge >= 0.3 is 0 Å². The predicted molar refractivity (Wildman–Crippen MR) is 140 cm³/mol. The minimum absolute atomic E-state index is 0.128. The Morgan fingerprint density at radius 2 is 1.86 bits per heavy atom. The summed E-state index contributed by atoms with van der Waals surface area (Å²) in [6, 6.07) is 11.8. The first-order valence-corrected chi connectivity index (χ1v) is 13.5. The van der Waals surface area contributed by atoms with Gasteiger partial charge in [-0.2, -0.15) is 0 Å². The van der Waals surface area contributed by atoms with Crippen molar-refractivity contribution in [1.82, 2.24) is 24.5 Å². The lowest BCUT2D eigenvalue weighted by molar-refractivity contribution is 0.0928. The summed E-state index contributed by atoms with van der Waals surface area (Å²) in [6.45, 7) is 4.60.